The number of amides is 1. The smallest absolute Gasteiger partial charge is 0.221 e. The number of carbonyl (C=O) groups excluding carboxylic acids is 1. The Morgan fingerprint density at radius 1 is 0.952 bits per heavy atom. The fourth-order valence-corrected chi connectivity index (χ4v) is 2.42. The largest absolute Gasteiger partial charge is 0.350 e. The van der Waals surface area contributed by atoms with Crippen molar-refractivity contribution >= 4 is 5.91 Å². The molecule has 0 heterocycles. The summed E-state index contributed by atoms with van der Waals surface area (Å²) >= 11 is 0. The van der Waals surface area contributed by atoms with E-state index in [4.69, 9.17) is 0 Å². The van der Waals surface area contributed by atoms with E-state index >= 15 is 0 Å². The summed E-state index contributed by atoms with van der Waals surface area (Å²) in [6.45, 7) is 6.18. The number of benzene rings is 2. The molecule has 2 aromatic carbocycles. The molecule has 0 aromatic heterocycles. The minimum atomic E-state index is 0.0453. The fraction of sp³-hybridized carbons (Fsp3) is 0.316. The molecule has 0 aliphatic rings. The van der Waals surface area contributed by atoms with E-state index in [1.807, 2.05) is 37.3 Å². The molecule has 2 aromatic rings. The van der Waals surface area contributed by atoms with Crippen LogP contribution in [-0.2, 0) is 4.79 Å². The molecule has 21 heavy (non-hydrogen) atoms. The van der Waals surface area contributed by atoms with Gasteiger partial charge >= 0.3 is 0 Å². The van der Waals surface area contributed by atoms with Gasteiger partial charge in [-0.15, -0.1) is 0 Å². The summed E-state index contributed by atoms with van der Waals surface area (Å²) in [7, 11) is 0. The van der Waals surface area contributed by atoms with Gasteiger partial charge in [0.05, 0.1) is 6.04 Å². The van der Waals surface area contributed by atoms with Crippen molar-refractivity contribution < 1.29 is 4.79 Å². The second-order valence-corrected chi connectivity index (χ2v) is 5.72. The highest BCUT2D eigenvalue weighted by Gasteiger charge is 2.14. The summed E-state index contributed by atoms with van der Waals surface area (Å²) in [5.74, 6) is 0.327. The van der Waals surface area contributed by atoms with Crippen LogP contribution < -0.4 is 5.32 Å². The van der Waals surface area contributed by atoms with Crippen LogP contribution in [0.5, 0.6) is 0 Å². The summed E-state index contributed by atoms with van der Waals surface area (Å²) in [5, 5.41) is 3.07. The molecule has 2 rings (SSSR count). The van der Waals surface area contributed by atoms with Crippen molar-refractivity contribution in [2.24, 2.45) is 0 Å². The zero-order valence-corrected chi connectivity index (χ0v) is 13.0. The standard InChI is InChI=1S/C19H23NO/c1-14-9-11-17(12-10-14)15(2)13-19(21)20-16(3)18-7-5-4-6-8-18/h4-12,15-16H,13H2,1-3H3,(H,20,21)/t15-,16+/m1/s1. The zero-order chi connectivity index (χ0) is 15.2. The Labute approximate surface area is 127 Å². The molecule has 110 valence electrons. The van der Waals surface area contributed by atoms with Crippen LogP contribution in [0.3, 0.4) is 0 Å². The Kier molecular flexibility index (Phi) is 5.15. The summed E-state index contributed by atoms with van der Waals surface area (Å²) in [6.07, 6.45) is 0.514. The van der Waals surface area contributed by atoms with E-state index in [9.17, 15) is 4.79 Å². The highest BCUT2D eigenvalue weighted by Crippen LogP contribution is 2.20. The molecular formula is C19H23NO. The molecule has 2 atom stereocenters. The maximum Gasteiger partial charge on any atom is 0.221 e. The first-order chi connectivity index (χ1) is 10.1. The minimum Gasteiger partial charge on any atom is -0.350 e. The van der Waals surface area contributed by atoms with E-state index in [0.29, 0.717) is 6.42 Å². The highest BCUT2D eigenvalue weighted by molar-refractivity contribution is 5.77. The van der Waals surface area contributed by atoms with Crippen molar-refractivity contribution in [3.63, 3.8) is 0 Å². The van der Waals surface area contributed by atoms with Crippen LogP contribution in [0.15, 0.2) is 54.6 Å². The lowest BCUT2D eigenvalue weighted by molar-refractivity contribution is -0.122. The third-order valence-electron chi connectivity index (χ3n) is 3.82. The second kappa shape index (κ2) is 7.07. The maximum atomic E-state index is 12.2. The molecule has 2 nitrogen and oxygen atoms in total. The predicted molar refractivity (Wildman–Crippen MR) is 87.2 cm³/mol. The third kappa shape index (κ3) is 4.45. The van der Waals surface area contributed by atoms with E-state index in [2.05, 4.69) is 43.4 Å². The van der Waals surface area contributed by atoms with E-state index in [1.54, 1.807) is 0 Å². The zero-order valence-electron chi connectivity index (χ0n) is 13.0. The number of rotatable bonds is 5. The van der Waals surface area contributed by atoms with Gasteiger partial charge in [0.15, 0.2) is 0 Å². The first-order valence-corrected chi connectivity index (χ1v) is 7.47. The van der Waals surface area contributed by atoms with E-state index in [0.717, 1.165) is 5.56 Å². The normalized spacial score (nSPS) is 13.5. The lowest BCUT2D eigenvalue weighted by Crippen LogP contribution is -2.27. The van der Waals surface area contributed by atoms with Crippen LogP contribution >= 0.6 is 0 Å². The van der Waals surface area contributed by atoms with Gasteiger partial charge in [-0.3, -0.25) is 4.79 Å². The van der Waals surface area contributed by atoms with E-state index in [1.165, 1.54) is 11.1 Å². The van der Waals surface area contributed by atoms with Gasteiger partial charge in [-0.1, -0.05) is 67.1 Å². The molecule has 0 radical (unpaired) electrons. The van der Waals surface area contributed by atoms with E-state index < -0.39 is 0 Å². The van der Waals surface area contributed by atoms with Gasteiger partial charge in [-0.05, 0) is 30.9 Å². The quantitative estimate of drug-likeness (QED) is 0.866. The van der Waals surface area contributed by atoms with Crippen molar-refractivity contribution in [3.05, 3.63) is 71.3 Å². The van der Waals surface area contributed by atoms with Gasteiger partial charge in [0.1, 0.15) is 0 Å². The Bertz CT molecular complexity index is 574. The Hall–Kier alpha value is -2.09. The van der Waals surface area contributed by atoms with Crippen LogP contribution in [0.25, 0.3) is 0 Å². The van der Waals surface area contributed by atoms with Gasteiger partial charge in [-0.25, -0.2) is 0 Å². The van der Waals surface area contributed by atoms with E-state index in [-0.39, 0.29) is 17.9 Å². The molecule has 0 aliphatic heterocycles. The molecule has 0 aliphatic carbocycles. The summed E-state index contributed by atoms with van der Waals surface area (Å²) in [6, 6.07) is 18.5. The molecule has 0 saturated heterocycles. The number of aryl methyl sites for hydroxylation is 1. The van der Waals surface area contributed by atoms with Gasteiger partial charge in [-0.2, -0.15) is 0 Å². The SMILES string of the molecule is Cc1ccc([C@H](C)CC(=O)N[C@@H](C)c2ccccc2)cc1. The Balaban J connectivity index is 1.91. The van der Waals surface area contributed by atoms with Gasteiger partial charge in [0, 0.05) is 6.42 Å². The summed E-state index contributed by atoms with van der Waals surface area (Å²) in [4.78, 5) is 12.2. The molecule has 0 unspecified atom stereocenters. The number of hydrogen-bond acceptors (Lipinski definition) is 1. The van der Waals surface area contributed by atoms with Crippen LogP contribution in [0.4, 0.5) is 0 Å². The monoisotopic (exact) mass is 281 g/mol. The molecular weight excluding hydrogens is 258 g/mol. The summed E-state index contributed by atoms with van der Waals surface area (Å²) < 4.78 is 0. The molecule has 0 saturated carbocycles. The van der Waals surface area contributed by atoms with Gasteiger partial charge in [0.25, 0.3) is 0 Å². The predicted octanol–water partition coefficient (Wildman–Crippen LogP) is 4.37. The molecule has 0 fully saturated rings. The van der Waals surface area contributed by atoms with Gasteiger partial charge in [0.2, 0.25) is 5.91 Å². The topological polar surface area (TPSA) is 29.1 Å². The number of nitrogens with one attached hydrogen (secondary N) is 1. The average Bonchev–Trinajstić information content (AvgIpc) is 2.48. The maximum absolute atomic E-state index is 12.2. The van der Waals surface area contributed by atoms with Crippen molar-refractivity contribution in [2.45, 2.75) is 39.2 Å². The van der Waals surface area contributed by atoms with Crippen molar-refractivity contribution in [1.82, 2.24) is 5.32 Å². The minimum absolute atomic E-state index is 0.0453. The van der Waals surface area contributed by atoms with Crippen molar-refractivity contribution in [2.75, 3.05) is 0 Å². The van der Waals surface area contributed by atoms with Crippen LogP contribution in [0, 0.1) is 6.92 Å². The molecule has 0 bridgehead atoms. The molecule has 1 N–H and O–H groups in total. The molecule has 2 heteroatoms. The lowest BCUT2D eigenvalue weighted by Gasteiger charge is -2.17. The van der Waals surface area contributed by atoms with Crippen LogP contribution in [0.2, 0.25) is 0 Å². The van der Waals surface area contributed by atoms with Gasteiger partial charge < -0.3 is 5.32 Å². The first-order valence-electron chi connectivity index (χ1n) is 7.47. The van der Waals surface area contributed by atoms with Crippen LogP contribution in [-0.4, -0.2) is 5.91 Å². The highest BCUT2D eigenvalue weighted by atomic mass is 16.1. The van der Waals surface area contributed by atoms with Crippen molar-refractivity contribution in [1.29, 1.82) is 0 Å². The van der Waals surface area contributed by atoms with Crippen molar-refractivity contribution in [3.8, 4) is 0 Å². The fourth-order valence-electron chi connectivity index (χ4n) is 2.42. The lowest BCUT2D eigenvalue weighted by atomic mass is 9.96. The number of carbonyl (C=O) groups is 1. The number of hydrogen-bond donors (Lipinski definition) is 1. The second-order valence-electron chi connectivity index (χ2n) is 5.72. The molecule has 0 spiro atoms. The summed E-state index contributed by atoms with van der Waals surface area (Å²) in [5.41, 5.74) is 3.59. The Morgan fingerprint density at radius 3 is 2.19 bits per heavy atom. The Morgan fingerprint density at radius 2 is 1.57 bits per heavy atom. The molecule has 1 amide bonds. The third-order valence-corrected chi connectivity index (χ3v) is 3.82. The average molecular weight is 281 g/mol. The van der Waals surface area contributed by atoms with Crippen LogP contribution in [0.1, 0.15) is 48.9 Å². The first kappa shape index (κ1) is 15.3.